The summed E-state index contributed by atoms with van der Waals surface area (Å²) in [7, 11) is 0. The second-order valence-corrected chi connectivity index (χ2v) is 5.58. The fraction of sp³-hybridized carbons (Fsp3) is 0. The summed E-state index contributed by atoms with van der Waals surface area (Å²) >= 11 is 1.36. The first-order chi connectivity index (χ1) is 11.2. The molecule has 3 rings (SSSR count). The summed E-state index contributed by atoms with van der Waals surface area (Å²) in [5.41, 5.74) is 1.71. The van der Waals surface area contributed by atoms with Gasteiger partial charge in [-0.2, -0.15) is 0 Å². The lowest BCUT2D eigenvalue weighted by molar-refractivity contribution is 0.102. The quantitative estimate of drug-likeness (QED) is 0.770. The molecule has 2 amide bonds. The Morgan fingerprint density at radius 3 is 2.13 bits per heavy atom. The topological polar surface area (TPSA) is 71.1 Å². The van der Waals surface area contributed by atoms with Crippen molar-refractivity contribution >= 4 is 34.0 Å². The van der Waals surface area contributed by atoms with Crippen LogP contribution in [0.4, 0.5) is 10.8 Å². The lowest BCUT2D eigenvalue weighted by Crippen LogP contribution is -2.13. The van der Waals surface area contributed by atoms with Gasteiger partial charge < -0.3 is 5.32 Å². The Labute approximate surface area is 137 Å². The first kappa shape index (κ1) is 14.9. The molecule has 0 bridgehead atoms. The number of benzene rings is 2. The molecule has 0 spiro atoms. The average Bonchev–Trinajstić information content (AvgIpc) is 3.09. The van der Waals surface area contributed by atoms with E-state index >= 15 is 0 Å². The molecular formula is C17H13N3O2S. The van der Waals surface area contributed by atoms with Crippen LogP contribution < -0.4 is 10.6 Å². The average molecular weight is 323 g/mol. The Kier molecular flexibility index (Phi) is 4.44. The van der Waals surface area contributed by atoms with E-state index in [4.69, 9.17) is 0 Å². The molecule has 0 saturated heterocycles. The molecule has 3 aromatic rings. The second kappa shape index (κ2) is 6.85. The molecule has 1 aromatic heterocycles. The summed E-state index contributed by atoms with van der Waals surface area (Å²) in [6.45, 7) is 0. The van der Waals surface area contributed by atoms with E-state index in [0.29, 0.717) is 21.9 Å². The predicted molar refractivity (Wildman–Crippen MR) is 90.9 cm³/mol. The summed E-state index contributed by atoms with van der Waals surface area (Å²) in [6, 6.07) is 15.6. The first-order valence-electron chi connectivity index (χ1n) is 6.90. The van der Waals surface area contributed by atoms with E-state index < -0.39 is 0 Å². The lowest BCUT2D eigenvalue weighted by atomic mass is 10.1. The number of nitrogens with one attached hydrogen (secondary N) is 2. The number of carbonyl (C=O) groups is 2. The lowest BCUT2D eigenvalue weighted by Gasteiger charge is -2.06. The van der Waals surface area contributed by atoms with Gasteiger partial charge in [-0.3, -0.25) is 14.9 Å². The van der Waals surface area contributed by atoms with E-state index in [2.05, 4.69) is 15.6 Å². The van der Waals surface area contributed by atoms with Crippen LogP contribution in [0.2, 0.25) is 0 Å². The van der Waals surface area contributed by atoms with Gasteiger partial charge in [0.25, 0.3) is 11.8 Å². The molecule has 0 aliphatic heterocycles. The largest absolute Gasteiger partial charge is 0.322 e. The fourth-order valence-electron chi connectivity index (χ4n) is 1.95. The first-order valence-corrected chi connectivity index (χ1v) is 7.77. The van der Waals surface area contributed by atoms with Gasteiger partial charge in [-0.15, -0.1) is 11.3 Å². The van der Waals surface area contributed by atoms with Crippen LogP contribution in [0.25, 0.3) is 0 Å². The van der Waals surface area contributed by atoms with Crippen LogP contribution in [0.3, 0.4) is 0 Å². The van der Waals surface area contributed by atoms with Crippen molar-refractivity contribution in [2.45, 2.75) is 0 Å². The molecule has 0 atom stereocenters. The van der Waals surface area contributed by atoms with E-state index in [1.54, 1.807) is 60.1 Å². The van der Waals surface area contributed by atoms with Gasteiger partial charge in [0.15, 0.2) is 5.13 Å². The van der Waals surface area contributed by atoms with Crippen molar-refractivity contribution in [3.8, 4) is 0 Å². The number of anilines is 2. The molecule has 0 aliphatic rings. The maximum atomic E-state index is 12.0. The molecule has 0 saturated carbocycles. The Balaban J connectivity index is 1.65. The molecule has 114 valence electrons. The zero-order valence-corrected chi connectivity index (χ0v) is 12.8. The highest BCUT2D eigenvalue weighted by molar-refractivity contribution is 7.13. The second-order valence-electron chi connectivity index (χ2n) is 4.69. The molecule has 6 heteroatoms. The highest BCUT2D eigenvalue weighted by atomic mass is 32.1. The monoisotopic (exact) mass is 323 g/mol. The minimum Gasteiger partial charge on any atom is -0.322 e. The van der Waals surface area contributed by atoms with Gasteiger partial charge >= 0.3 is 0 Å². The Morgan fingerprint density at radius 1 is 0.826 bits per heavy atom. The third kappa shape index (κ3) is 3.81. The summed E-state index contributed by atoms with van der Waals surface area (Å²) in [5.74, 6) is -0.425. The number of amides is 2. The highest BCUT2D eigenvalue weighted by Gasteiger charge is 2.09. The molecular weight excluding hydrogens is 310 g/mol. The number of thiazole rings is 1. The number of nitrogens with zero attached hydrogens (tertiary/aromatic N) is 1. The standard InChI is InChI=1S/C17H13N3O2S/c21-15(12-4-2-1-3-5-12)19-14-8-6-13(7-9-14)16(22)20-17-18-10-11-23-17/h1-11H,(H,19,21)(H,18,20,22). The minimum absolute atomic E-state index is 0.189. The molecule has 0 unspecified atom stereocenters. The van der Waals surface area contributed by atoms with Crippen LogP contribution in [0, 0.1) is 0 Å². The van der Waals surface area contributed by atoms with Crippen LogP contribution in [0.15, 0.2) is 66.2 Å². The highest BCUT2D eigenvalue weighted by Crippen LogP contribution is 2.15. The van der Waals surface area contributed by atoms with Crippen molar-refractivity contribution < 1.29 is 9.59 Å². The number of rotatable bonds is 4. The molecule has 0 fully saturated rings. The van der Waals surface area contributed by atoms with Crippen LogP contribution >= 0.6 is 11.3 Å². The van der Waals surface area contributed by atoms with Crippen LogP contribution in [0.5, 0.6) is 0 Å². The molecule has 2 N–H and O–H groups in total. The predicted octanol–water partition coefficient (Wildman–Crippen LogP) is 3.65. The zero-order chi connectivity index (χ0) is 16.1. The maximum Gasteiger partial charge on any atom is 0.257 e. The molecule has 0 aliphatic carbocycles. The van der Waals surface area contributed by atoms with E-state index in [0.717, 1.165) is 0 Å². The van der Waals surface area contributed by atoms with Crippen molar-refractivity contribution in [3.63, 3.8) is 0 Å². The fourth-order valence-corrected chi connectivity index (χ4v) is 2.48. The van der Waals surface area contributed by atoms with Crippen molar-refractivity contribution in [1.29, 1.82) is 0 Å². The number of hydrogen-bond acceptors (Lipinski definition) is 4. The summed E-state index contributed by atoms with van der Waals surface area (Å²) < 4.78 is 0. The van der Waals surface area contributed by atoms with Crippen molar-refractivity contribution in [3.05, 3.63) is 77.3 Å². The van der Waals surface area contributed by atoms with Crippen molar-refractivity contribution in [2.75, 3.05) is 10.6 Å². The summed E-state index contributed by atoms with van der Waals surface area (Å²) in [4.78, 5) is 28.1. The van der Waals surface area contributed by atoms with Gasteiger partial charge in [-0.25, -0.2) is 4.98 Å². The minimum atomic E-state index is -0.235. The smallest absolute Gasteiger partial charge is 0.257 e. The van der Waals surface area contributed by atoms with Gasteiger partial charge in [0.05, 0.1) is 0 Å². The SMILES string of the molecule is O=C(Nc1ccc(C(=O)Nc2nccs2)cc1)c1ccccc1. The molecule has 0 radical (unpaired) electrons. The molecule has 23 heavy (non-hydrogen) atoms. The number of carbonyl (C=O) groups excluding carboxylic acids is 2. The zero-order valence-electron chi connectivity index (χ0n) is 12.0. The van der Waals surface area contributed by atoms with E-state index in [-0.39, 0.29) is 11.8 Å². The van der Waals surface area contributed by atoms with Gasteiger partial charge in [0.2, 0.25) is 0 Å². The summed E-state index contributed by atoms with van der Waals surface area (Å²) in [6.07, 6.45) is 1.63. The van der Waals surface area contributed by atoms with Gasteiger partial charge in [0, 0.05) is 28.4 Å². The van der Waals surface area contributed by atoms with Gasteiger partial charge in [-0.1, -0.05) is 18.2 Å². The Morgan fingerprint density at radius 2 is 1.48 bits per heavy atom. The van der Waals surface area contributed by atoms with Crippen molar-refractivity contribution in [1.82, 2.24) is 4.98 Å². The molecule has 1 heterocycles. The third-order valence-corrected chi connectivity index (χ3v) is 3.78. The van der Waals surface area contributed by atoms with Crippen LogP contribution in [0.1, 0.15) is 20.7 Å². The molecule has 5 nitrogen and oxygen atoms in total. The number of aromatic nitrogens is 1. The summed E-state index contributed by atoms with van der Waals surface area (Å²) in [5, 5.41) is 7.84. The van der Waals surface area contributed by atoms with E-state index in [1.165, 1.54) is 11.3 Å². The number of hydrogen-bond donors (Lipinski definition) is 2. The van der Waals surface area contributed by atoms with Gasteiger partial charge in [-0.05, 0) is 36.4 Å². The normalized spacial score (nSPS) is 10.1. The van der Waals surface area contributed by atoms with Gasteiger partial charge in [0.1, 0.15) is 0 Å². The van der Waals surface area contributed by atoms with E-state index in [9.17, 15) is 9.59 Å². The third-order valence-electron chi connectivity index (χ3n) is 3.09. The Hall–Kier alpha value is -2.99. The van der Waals surface area contributed by atoms with E-state index in [1.807, 2.05) is 6.07 Å². The van der Waals surface area contributed by atoms with Crippen molar-refractivity contribution in [2.24, 2.45) is 0 Å². The van der Waals surface area contributed by atoms with Crippen LogP contribution in [-0.4, -0.2) is 16.8 Å². The Bertz CT molecular complexity index is 800. The molecule has 2 aromatic carbocycles. The van der Waals surface area contributed by atoms with Crippen LogP contribution in [-0.2, 0) is 0 Å². The maximum absolute atomic E-state index is 12.0.